The van der Waals surface area contributed by atoms with Crippen molar-refractivity contribution in [1.82, 2.24) is 0 Å². The van der Waals surface area contributed by atoms with E-state index in [1.807, 2.05) is 0 Å². The van der Waals surface area contributed by atoms with Gasteiger partial charge in [0, 0.05) is 24.1 Å². The number of non-ortho nitro benzene ring substituents is 1. The number of halogens is 3. The molecule has 2 rings (SSSR count). The van der Waals surface area contributed by atoms with Crippen LogP contribution in [-0.2, 0) is 16.4 Å². The zero-order chi connectivity index (χ0) is 16.9. The van der Waals surface area contributed by atoms with Crippen LogP contribution in [0, 0.1) is 10.1 Å². The lowest BCUT2D eigenvalue weighted by atomic mass is 10.0. The van der Waals surface area contributed by atoms with Crippen LogP contribution in [0.25, 0.3) is 0 Å². The molecule has 0 aliphatic carbocycles. The number of sulfonamides is 1. The summed E-state index contributed by atoms with van der Waals surface area (Å²) >= 11 is 0. The molecule has 0 aromatic heterocycles. The summed E-state index contributed by atoms with van der Waals surface area (Å²) in [5.41, 5.74) is -7.22. The van der Waals surface area contributed by atoms with Crippen molar-refractivity contribution in [3.63, 3.8) is 0 Å². The number of hydrogen-bond acceptors (Lipinski definition) is 5. The quantitative estimate of drug-likeness (QED) is 0.673. The molecule has 1 aromatic carbocycles. The van der Waals surface area contributed by atoms with Gasteiger partial charge in [-0.1, -0.05) is 0 Å². The Balaban J connectivity index is 2.55. The highest BCUT2D eigenvalue weighted by Crippen LogP contribution is 2.44. The van der Waals surface area contributed by atoms with Crippen molar-refractivity contribution in [2.24, 2.45) is 0 Å². The van der Waals surface area contributed by atoms with Crippen LogP contribution in [0.2, 0.25) is 0 Å². The molecule has 0 saturated carbocycles. The lowest BCUT2D eigenvalue weighted by Crippen LogP contribution is -2.30. The Bertz CT molecular complexity index is 743. The standard InChI is InChI=1S/C11H11F3N2O5S/c1-10(2)5-6-3-7(16(17)18)4-8(9(6)21-10)15-22(19,20)11(12,13)14/h3-4,15H,5H2,1-2H3. The maximum Gasteiger partial charge on any atom is 0.516 e. The molecule has 7 nitrogen and oxygen atoms in total. The molecule has 1 aliphatic rings. The molecule has 1 N–H and O–H groups in total. The van der Waals surface area contributed by atoms with Gasteiger partial charge in [-0.25, -0.2) is 0 Å². The van der Waals surface area contributed by atoms with Crippen molar-refractivity contribution >= 4 is 21.4 Å². The van der Waals surface area contributed by atoms with Gasteiger partial charge in [0.2, 0.25) is 0 Å². The fourth-order valence-corrected chi connectivity index (χ4v) is 2.64. The first-order valence-corrected chi connectivity index (χ1v) is 7.40. The summed E-state index contributed by atoms with van der Waals surface area (Å²) in [5, 5.41) is 10.8. The smallest absolute Gasteiger partial charge is 0.485 e. The van der Waals surface area contributed by atoms with Crippen molar-refractivity contribution in [1.29, 1.82) is 0 Å². The normalized spacial score (nSPS) is 16.8. The van der Waals surface area contributed by atoms with E-state index in [1.54, 1.807) is 13.8 Å². The van der Waals surface area contributed by atoms with Crippen molar-refractivity contribution in [3.05, 3.63) is 27.8 Å². The number of nitro groups is 1. The molecule has 0 saturated heterocycles. The molecule has 0 bridgehead atoms. The van der Waals surface area contributed by atoms with Gasteiger partial charge < -0.3 is 4.74 Å². The Kier molecular flexibility index (Phi) is 3.51. The van der Waals surface area contributed by atoms with Crippen LogP contribution in [0.15, 0.2) is 12.1 Å². The lowest BCUT2D eigenvalue weighted by molar-refractivity contribution is -0.384. The number of nitrogens with zero attached hydrogens (tertiary/aromatic N) is 1. The Hall–Kier alpha value is -2.04. The summed E-state index contributed by atoms with van der Waals surface area (Å²) in [4.78, 5) is 10.0. The first-order chi connectivity index (χ1) is 9.82. The molecule has 1 aliphatic heterocycles. The van der Waals surface area contributed by atoms with Crippen molar-refractivity contribution in [2.45, 2.75) is 31.4 Å². The first-order valence-electron chi connectivity index (χ1n) is 5.92. The number of fused-ring (bicyclic) bond motifs is 1. The van der Waals surface area contributed by atoms with Gasteiger partial charge in [0.25, 0.3) is 5.69 Å². The number of hydrogen-bond donors (Lipinski definition) is 1. The highest BCUT2D eigenvalue weighted by Gasteiger charge is 2.47. The molecule has 0 radical (unpaired) electrons. The van der Waals surface area contributed by atoms with E-state index in [-0.39, 0.29) is 17.7 Å². The molecule has 1 heterocycles. The predicted octanol–water partition coefficient (Wildman–Crippen LogP) is 2.57. The summed E-state index contributed by atoms with van der Waals surface area (Å²) in [5.74, 6) is -0.136. The molecular formula is C11H11F3N2O5S. The number of nitro benzene ring substituents is 1. The summed E-state index contributed by atoms with van der Waals surface area (Å²) in [6.45, 7) is 3.25. The fourth-order valence-electron chi connectivity index (χ4n) is 2.08. The molecule has 122 valence electrons. The van der Waals surface area contributed by atoms with E-state index in [2.05, 4.69) is 0 Å². The molecular weight excluding hydrogens is 329 g/mol. The average Bonchev–Trinajstić information content (AvgIpc) is 2.61. The predicted molar refractivity (Wildman–Crippen MR) is 70.1 cm³/mol. The number of benzene rings is 1. The largest absolute Gasteiger partial charge is 0.516 e. The van der Waals surface area contributed by atoms with Crippen LogP contribution in [0.3, 0.4) is 0 Å². The highest BCUT2D eigenvalue weighted by molar-refractivity contribution is 7.93. The number of ether oxygens (including phenoxy) is 1. The van der Waals surface area contributed by atoms with Crippen molar-refractivity contribution in [2.75, 3.05) is 4.72 Å². The third-order valence-corrected chi connectivity index (χ3v) is 4.00. The van der Waals surface area contributed by atoms with E-state index < -0.39 is 37.4 Å². The lowest BCUT2D eigenvalue weighted by Gasteiger charge is -2.18. The summed E-state index contributed by atoms with van der Waals surface area (Å²) in [6, 6.07) is 1.85. The van der Waals surface area contributed by atoms with Gasteiger partial charge in [0.15, 0.2) is 0 Å². The molecule has 1 aromatic rings. The van der Waals surface area contributed by atoms with Crippen LogP contribution in [-0.4, -0.2) is 24.5 Å². The van der Waals surface area contributed by atoms with Gasteiger partial charge in [-0.3, -0.25) is 14.8 Å². The van der Waals surface area contributed by atoms with Crippen molar-refractivity contribution in [3.8, 4) is 5.75 Å². The van der Waals surface area contributed by atoms with E-state index in [1.165, 1.54) is 4.72 Å². The van der Waals surface area contributed by atoms with Gasteiger partial charge in [-0.15, -0.1) is 0 Å². The summed E-state index contributed by atoms with van der Waals surface area (Å²) in [6.07, 6.45) is 0.199. The van der Waals surface area contributed by atoms with Crippen LogP contribution in [0.4, 0.5) is 24.5 Å². The van der Waals surface area contributed by atoms with Gasteiger partial charge in [-0.2, -0.15) is 21.6 Å². The molecule has 0 unspecified atom stereocenters. The van der Waals surface area contributed by atoms with Crippen LogP contribution < -0.4 is 9.46 Å². The number of anilines is 1. The minimum Gasteiger partial charge on any atom is -0.485 e. The zero-order valence-electron chi connectivity index (χ0n) is 11.4. The monoisotopic (exact) mass is 340 g/mol. The Morgan fingerprint density at radius 2 is 1.95 bits per heavy atom. The second-order valence-electron chi connectivity index (χ2n) is 5.33. The topological polar surface area (TPSA) is 98.5 Å². The second kappa shape index (κ2) is 4.73. The van der Waals surface area contributed by atoms with E-state index in [0.717, 1.165) is 6.07 Å². The summed E-state index contributed by atoms with van der Waals surface area (Å²) < 4.78 is 66.5. The Morgan fingerprint density at radius 3 is 2.45 bits per heavy atom. The first kappa shape index (κ1) is 16.3. The van der Waals surface area contributed by atoms with E-state index in [4.69, 9.17) is 4.74 Å². The van der Waals surface area contributed by atoms with Crippen molar-refractivity contribution < 1.29 is 31.2 Å². The SMILES string of the molecule is CC1(C)Cc2cc([N+](=O)[O-])cc(NS(=O)(=O)C(F)(F)F)c2O1. The molecule has 11 heteroatoms. The van der Waals surface area contributed by atoms with Crippen LogP contribution in [0.5, 0.6) is 5.75 Å². The molecule has 22 heavy (non-hydrogen) atoms. The van der Waals surface area contributed by atoms with Crippen LogP contribution >= 0.6 is 0 Å². The highest BCUT2D eigenvalue weighted by atomic mass is 32.2. The minimum atomic E-state index is -5.70. The Labute approximate surface area is 123 Å². The van der Waals surface area contributed by atoms with E-state index >= 15 is 0 Å². The third kappa shape index (κ3) is 2.93. The maximum atomic E-state index is 12.5. The third-order valence-electron chi connectivity index (χ3n) is 2.90. The molecule has 0 spiro atoms. The zero-order valence-corrected chi connectivity index (χ0v) is 12.2. The van der Waals surface area contributed by atoms with Gasteiger partial charge in [0.05, 0.1) is 10.6 Å². The number of rotatable bonds is 3. The minimum absolute atomic E-state index is 0.136. The molecule has 0 amide bonds. The number of nitrogens with one attached hydrogen (secondary N) is 1. The van der Waals surface area contributed by atoms with E-state index in [0.29, 0.717) is 6.07 Å². The Morgan fingerprint density at radius 1 is 1.36 bits per heavy atom. The van der Waals surface area contributed by atoms with Crippen LogP contribution in [0.1, 0.15) is 19.4 Å². The molecule has 0 fully saturated rings. The average molecular weight is 340 g/mol. The van der Waals surface area contributed by atoms with Gasteiger partial charge in [-0.05, 0) is 13.8 Å². The fraction of sp³-hybridized carbons (Fsp3) is 0.455. The molecule has 0 atom stereocenters. The van der Waals surface area contributed by atoms with Gasteiger partial charge in [0.1, 0.15) is 11.4 Å². The van der Waals surface area contributed by atoms with Gasteiger partial charge >= 0.3 is 15.5 Å². The number of alkyl halides is 3. The summed E-state index contributed by atoms with van der Waals surface area (Å²) in [7, 11) is -5.70. The van der Waals surface area contributed by atoms with E-state index in [9.17, 15) is 31.7 Å². The second-order valence-corrected chi connectivity index (χ2v) is 7.00. The maximum absolute atomic E-state index is 12.5.